The van der Waals surface area contributed by atoms with E-state index >= 15 is 0 Å². The molecule has 0 radical (unpaired) electrons. The van der Waals surface area contributed by atoms with Crippen molar-refractivity contribution in [2.24, 2.45) is 0 Å². The van der Waals surface area contributed by atoms with E-state index in [2.05, 4.69) is 22.6 Å². The molecule has 1 amide bonds. The van der Waals surface area contributed by atoms with Crippen molar-refractivity contribution in [3.8, 4) is 5.75 Å². The number of carbonyl (C=O) groups excluding carboxylic acids is 1. The van der Waals surface area contributed by atoms with Gasteiger partial charge in [-0.25, -0.2) is 0 Å². The summed E-state index contributed by atoms with van der Waals surface area (Å²) in [5.41, 5.74) is 0.303. The molecule has 100 valence electrons. The van der Waals surface area contributed by atoms with Gasteiger partial charge in [-0.2, -0.15) is 0 Å². The summed E-state index contributed by atoms with van der Waals surface area (Å²) in [6.07, 6.45) is 0. The zero-order valence-electron chi connectivity index (χ0n) is 10.7. The van der Waals surface area contributed by atoms with Crippen molar-refractivity contribution in [1.29, 1.82) is 0 Å². The number of carbonyl (C=O) groups is 1. The normalized spacial score (nSPS) is 10.5. The number of phenolic OH excluding ortho intramolecular Hbond substituents is 1. The summed E-state index contributed by atoms with van der Waals surface area (Å²) in [7, 11) is 1.68. The fraction of sp³-hybridized carbons (Fsp3) is 0.214. The molecule has 2 aromatic rings. The van der Waals surface area contributed by atoms with E-state index in [1.165, 1.54) is 11.0 Å². The predicted octanol–water partition coefficient (Wildman–Crippen LogP) is 3.17. The summed E-state index contributed by atoms with van der Waals surface area (Å²) in [6.45, 7) is 2.23. The van der Waals surface area contributed by atoms with Gasteiger partial charge >= 0.3 is 0 Å². The first-order valence-electron chi connectivity index (χ1n) is 5.76. The summed E-state index contributed by atoms with van der Waals surface area (Å²) in [6, 6.07) is 8.65. The Bertz CT molecular complexity index is 606. The maximum atomic E-state index is 12.2. The number of furan rings is 1. The van der Waals surface area contributed by atoms with E-state index in [1.807, 2.05) is 19.1 Å². The minimum Gasteiger partial charge on any atom is -0.507 e. The van der Waals surface area contributed by atoms with Crippen LogP contribution in [0.3, 0.4) is 0 Å². The monoisotopic (exact) mass is 371 g/mol. The number of hydrogen-bond acceptors (Lipinski definition) is 3. The van der Waals surface area contributed by atoms with E-state index < -0.39 is 0 Å². The van der Waals surface area contributed by atoms with E-state index in [4.69, 9.17) is 4.42 Å². The predicted molar refractivity (Wildman–Crippen MR) is 80.1 cm³/mol. The Hall–Kier alpha value is -1.50. The molecule has 0 atom stereocenters. The second-order valence-electron chi connectivity index (χ2n) is 4.34. The molecule has 1 N–H and O–H groups in total. The van der Waals surface area contributed by atoms with Gasteiger partial charge in [-0.15, -0.1) is 0 Å². The van der Waals surface area contributed by atoms with Crippen LogP contribution < -0.4 is 0 Å². The number of aromatic hydroxyl groups is 1. The lowest BCUT2D eigenvalue weighted by Gasteiger charge is -2.16. The van der Waals surface area contributed by atoms with E-state index in [9.17, 15) is 9.90 Å². The molecule has 0 aliphatic rings. The Morgan fingerprint density at radius 1 is 1.37 bits per heavy atom. The van der Waals surface area contributed by atoms with Gasteiger partial charge in [0.15, 0.2) is 0 Å². The van der Waals surface area contributed by atoms with E-state index in [-0.39, 0.29) is 11.7 Å². The number of rotatable bonds is 3. The van der Waals surface area contributed by atoms with Crippen LogP contribution in [0.25, 0.3) is 0 Å². The minimum absolute atomic E-state index is 0.00658. The van der Waals surface area contributed by atoms with Gasteiger partial charge in [0.25, 0.3) is 5.91 Å². The number of amides is 1. The SMILES string of the molecule is Cc1ccc(CN(C)C(=O)c2cc(I)ccc2O)o1. The quantitative estimate of drug-likeness (QED) is 0.844. The zero-order valence-corrected chi connectivity index (χ0v) is 12.8. The first-order chi connectivity index (χ1) is 8.97. The van der Waals surface area contributed by atoms with Crippen LogP contribution in [0.5, 0.6) is 5.75 Å². The van der Waals surface area contributed by atoms with Gasteiger partial charge in [0.1, 0.15) is 17.3 Å². The van der Waals surface area contributed by atoms with Crippen molar-refractivity contribution in [2.75, 3.05) is 7.05 Å². The average Bonchev–Trinajstić information content (AvgIpc) is 2.77. The molecule has 0 bridgehead atoms. The Morgan fingerprint density at radius 2 is 2.11 bits per heavy atom. The van der Waals surface area contributed by atoms with Crippen molar-refractivity contribution >= 4 is 28.5 Å². The topological polar surface area (TPSA) is 53.7 Å². The molecular formula is C14H14INO3. The van der Waals surface area contributed by atoms with Crippen LogP contribution in [0, 0.1) is 10.5 Å². The van der Waals surface area contributed by atoms with Crippen LogP contribution in [-0.4, -0.2) is 23.0 Å². The fourth-order valence-corrected chi connectivity index (χ4v) is 2.25. The van der Waals surface area contributed by atoms with Gasteiger partial charge in [-0.3, -0.25) is 4.79 Å². The highest BCUT2D eigenvalue weighted by atomic mass is 127. The molecule has 0 saturated heterocycles. The molecule has 1 aromatic heterocycles. The first-order valence-corrected chi connectivity index (χ1v) is 6.84. The molecule has 1 heterocycles. The first kappa shape index (κ1) is 13.9. The largest absolute Gasteiger partial charge is 0.507 e. The Balaban J connectivity index is 2.16. The molecule has 5 heteroatoms. The molecule has 0 saturated carbocycles. The van der Waals surface area contributed by atoms with Crippen molar-refractivity contribution in [3.05, 3.63) is 51.0 Å². The summed E-state index contributed by atoms with van der Waals surface area (Å²) in [5, 5.41) is 9.75. The molecule has 19 heavy (non-hydrogen) atoms. The molecular weight excluding hydrogens is 357 g/mol. The van der Waals surface area contributed by atoms with Gasteiger partial charge in [0.05, 0.1) is 12.1 Å². The summed E-state index contributed by atoms with van der Waals surface area (Å²) in [5.74, 6) is 1.30. The van der Waals surface area contributed by atoms with Crippen LogP contribution in [0.1, 0.15) is 21.9 Å². The lowest BCUT2D eigenvalue weighted by atomic mass is 10.2. The molecule has 0 fully saturated rings. The molecule has 0 aliphatic carbocycles. The third-order valence-electron chi connectivity index (χ3n) is 2.72. The van der Waals surface area contributed by atoms with E-state index in [0.717, 1.165) is 15.1 Å². The van der Waals surface area contributed by atoms with Crippen molar-refractivity contribution in [2.45, 2.75) is 13.5 Å². The summed E-state index contributed by atoms with van der Waals surface area (Å²) >= 11 is 2.11. The maximum Gasteiger partial charge on any atom is 0.257 e. The maximum absolute atomic E-state index is 12.2. The Kier molecular flexibility index (Phi) is 4.14. The third kappa shape index (κ3) is 3.28. The lowest BCUT2D eigenvalue weighted by Crippen LogP contribution is -2.26. The molecule has 1 aromatic carbocycles. The average molecular weight is 371 g/mol. The molecule has 0 spiro atoms. The highest BCUT2D eigenvalue weighted by Crippen LogP contribution is 2.21. The molecule has 4 nitrogen and oxygen atoms in total. The van der Waals surface area contributed by atoms with E-state index in [1.54, 1.807) is 19.2 Å². The number of hydrogen-bond donors (Lipinski definition) is 1. The molecule has 0 aliphatic heterocycles. The van der Waals surface area contributed by atoms with Gasteiger partial charge in [-0.1, -0.05) is 0 Å². The number of benzene rings is 1. The fourth-order valence-electron chi connectivity index (χ4n) is 1.76. The standard InChI is InChI=1S/C14H14INO3/c1-9-3-5-11(19-9)8-16(2)14(18)12-7-10(15)4-6-13(12)17/h3-7,17H,8H2,1-2H3. The highest BCUT2D eigenvalue weighted by molar-refractivity contribution is 14.1. The lowest BCUT2D eigenvalue weighted by molar-refractivity contribution is 0.0772. The van der Waals surface area contributed by atoms with Gasteiger partial charge in [0.2, 0.25) is 0 Å². The molecule has 0 unspecified atom stereocenters. The summed E-state index contributed by atoms with van der Waals surface area (Å²) in [4.78, 5) is 13.8. The van der Waals surface area contributed by atoms with Crippen LogP contribution in [0.15, 0.2) is 34.7 Å². The van der Waals surface area contributed by atoms with E-state index in [0.29, 0.717) is 12.1 Å². The third-order valence-corrected chi connectivity index (χ3v) is 3.40. The number of nitrogens with zero attached hydrogens (tertiary/aromatic N) is 1. The second kappa shape index (κ2) is 5.64. The smallest absolute Gasteiger partial charge is 0.257 e. The van der Waals surface area contributed by atoms with Crippen LogP contribution in [0.2, 0.25) is 0 Å². The number of aryl methyl sites for hydroxylation is 1. The number of halogens is 1. The Labute approximate surface area is 125 Å². The van der Waals surface area contributed by atoms with Crippen molar-refractivity contribution in [3.63, 3.8) is 0 Å². The second-order valence-corrected chi connectivity index (χ2v) is 5.58. The number of phenols is 1. The Morgan fingerprint density at radius 3 is 2.74 bits per heavy atom. The van der Waals surface area contributed by atoms with Gasteiger partial charge in [-0.05, 0) is 59.8 Å². The molecule has 2 rings (SSSR count). The van der Waals surface area contributed by atoms with Gasteiger partial charge < -0.3 is 14.4 Å². The van der Waals surface area contributed by atoms with Crippen LogP contribution in [0.4, 0.5) is 0 Å². The van der Waals surface area contributed by atoms with Crippen molar-refractivity contribution in [1.82, 2.24) is 4.90 Å². The minimum atomic E-state index is -0.231. The van der Waals surface area contributed by atoms with Gasteiger partial charge in [0, 0.05) is 10.6 Å². The van der Waals surface area contributed by atoms with Crippen LogP contribution in [-0.2, 0) is 6.54 Å². The van der Waals surface area contributed by atoms with Crippen LogP contribution >= 0.6 is 22.6 Å². The highest BCUT2D eigenvalue weighted by Gasteiger charge is 2.17. The summed E-state index contributed by atoms with van der Waals surface area (Å²) < 4.78 is 6.34. The van der Waals surface area contributed by atoms with Crippen molar-refractivity contribution < 1.29 is 14.3 Å². The zero-order chi connectivity index (χ0) is 14.0.